The average Bonchev–Trinajstić information content (AvgIpc) is 3.47. The highest BCUT2D eigenvalue weighted by Gasteiger charge is 2.28. The fraction of sp³-hybridized carbons (Fsp3) is 0.650. The molecule has 0 saturated heterocycles. The summed E-state index contributed by atoms with van der Waals surface area (Å²) >= 11 is 0. The molecule has 6 nitrogen and oxygen atoms in total. The molecule has 1 aliphatic carbocycles. The predicted molar refractivity (Wildman–Crippen MR) is 105 cm³/mol. The van der Waals surface area contributed by atoms with E-state index in [0.717, 1.165) is 5.56 Å². The summed E-state index contributed by atoms with van der Waals surface area (Å²) in [4.78, 5) is 4.39. The Kier molecular flexibility index (Phi) is 9.03. The number of aliphatic hydroxyl groups is 1. The van der Waals surface area contributed by atoms with Gasteiger partial charge in [0.1, 0.15) is 5.75 Å². The van der Waals surface area contributed by atoms with Crippen molar-refractivity contribution in [3.05, 3.63) is 29.3 Å². The molecule has 164 valence electrons. The first kappa shape index (κ1) is 23.3. The predicted octanol–water partition coefficient (Wildman–Crippen LogP) is 2.78. The molecule has 1 aromatic rings. The maximum absolute atomic E-state index is 12.5. The third-order valence-corrected chi connectivity index (χ3v) is 4.23. The summed E-state index contributed by atoms with van der Waals surface area (Å²) in [5, 5.41) is 16.1. The smallest absolute Gasteiger partial charge is 0.422 e. The Morgan fingerprint density at radius 3 is 2.72 bits per heavy atom. The first-order chi connectivity index (χ1) is 13.8. The van der Waals surface area contributed by atoms with Crippen molar-refractivity contribution >= 4 is 5.96 Å². The molecule has 1 aliphatic rings. The summed E-state index contributed by atoms with van der Waals surface area (Å²) in [6.45, 7) is 4.25. The molecule has 1 fully saturated rings. The number of rotatable bonds is 11. The Labute approximate surface area is 169 Å². The van der Waals surface area contributed by atoms with Crippen molar-refractivity contribution in [2.24, 2.45) is 10.9 Å². The third kappa shape index (κ3) is 9.85. The molecule has 1 aromatic carbocycles. The lowest BCUT2D eigenvalue weighted by atomic mass is 10.1. The Balaban J connectivity index is 1.90. The van der Waals surface area contributed by atoms with E-state index in [0.29, 0.717) is 30.6 Å². The number of hydrogen-bond acceptors (Lipinski definition) is 4. The van der Waals surface area contributed by atoms with E-state index in [1.807, 2.05) is 6.92 Å². The molecular weight excluding hydrogens is 387 g/mol. The van der Waals surface area contributed by atoms with Crippen molar-refractivity contribution in [3.8, 4) is 5.75 Å². The lowest BCUT2D eigenvalue weighted by Gasteiger charge is -2.16. The number of hydrogen-bond donors (Lipinski definition) is 3. The maximum atomic E-state index is 12.5. The van der Waals surface area contributed by atoms with Gasteiger partial charge in [-0.3, -0.25) is 0 Å². The Bertz CT molecular complexity index is 664. The molecule has 29 heavy (non-hydrogen) atoms. The lowest BCUT2D eigenvalue weighted by molar-refractivity contribution is -0.153. The van der Waals surface area contributed by atoms with E-state index >= 15 is 0 Å². The number of benzene rings is 1. The van der Waals surface area contributed by atoms with Crippen molar-refractivity contribution < 1.29 is 27.8 Å². The highest BCUT2D eigenvalue weighted by molar-refractivity contribution is 5.79. The minimum atomic E-state index is -4.40. The van der Waals surface area contributed by atoms with Crippen LogP contribution in [0.5, 0.6) is 5.75 Å². The van der Waals surface area contributed by atoms with Crippen molar-refractivity contribution in [1.29, 1.82) is 0 Å². The second-order valence-electron chi connectivity index (χ2n) is 7.23. The van der Waals surface area contributed by atoms with Gasteiger partial charge >= 0.3 is 6.18 Å². The first-order valence-corrected chi connectivity index (χ1v) is 9.84. The molecule has 0 bridgehead atoms. The molecule has 0 aliphatic heterocycles. The highest BCUT2D eigenvalue weighted by atomic mass is 19.4. The van der Waals surface area contributed by atoms with E-state index in [9.17, 15) is 18.3 Å². The van der Waals surface area contributed by atoms with Crippen molar-refractivity contribution in [1.82, 2.24) is 10.6 Å². The molecule has 0 spiro atoms. The second kappa shape index (κ2) is 11.3. The summed E-state index contributed by atoms with van der Waals surface area (Å²) in [6, 6.07) is 5.07. The standard InChI is InChI=1S/C20H30F3N3O3/c1-3-24-19(26-10-17(27)12-28-11-15-5-6-15)25-9-16-7-4-14(2)8-18(16)29-13-20(21,22)23/h4,7-8,15,17,27H,3,5-6,9-13H2,1-2H3,(H2,24,25,26). The molecule has 3 N–H and O–H groups in total. The lowest BCUT2D eigenvalue weighted by Crippen LogP contribution is -2.42. The minimum Gasteiger partial charge on any atom is -0.484 e. The van der Waals surface area contributed by atoms with Gasteiger partial charge in [-0.2, -0.15) is 13.2 Å². The van der Waals surface area contributed by atoms with Crippen LogP contribution < -0.4 is 15.4 Å². The summed E-state index contributed by atoms with van der Waals surface area (Å²) in [7, 11) is 0. The van der Waals surface area contributed by atoms with Crippen LogP contribution in [0.4, 0.5) is 13.2 Å². The zero-order valence-electron chi connectivity index (χ0n) is 16.9. The number of aliphatic hydroxyl groups excluding tert-OH is 1. The van der Waals surface area contributed by atoms with Crippen molar-refractivity contribution in [2.75, 3.05) is 32.9 Å². The molecule has 1 unspecified atom stereocenters. The van der Waals surface area contributed by atoms with E-state index in [1.54, 1.807) is 25.1 Å². The number of halogens is 3. The zero-order chi connectivity index (χ0) is 21.3. The van der Waals surface area contributed by atoms with E-state index in [4.69, 9.17) is 9.47 Å². The zero-order valence-corrected chi connectivity index (χ0v) is 16.9. The van der Waals surface area contributed by atoms with Gasteiger partial charge in [0.2, 0.25) is 0 Å². The van der Waals surface area contributed by atoms with Crippen LogP contribution in [-0.4, -0.2) is 56.3 Å². The Hall–Kier alpha value is -2.00. The van der Waals surface area contributed by atoms with Gasteiger partial charge in [-0.25, -0.2) is 4.99 Å². The van der Waals surface area contributed by atoms with Gasteiger partial charge in [-0.1, -0.05) is 12.1 Å². The largest absolute Gasteiger partial charge is 0.484 e. The number of guanidine groups is 1. The topological polar surface area (TPSA) is 75.1 Å². The van der Waals surface area contributed by atoms with E-state index in [-0.39, 0.29) is 25.4 Å². The number of nitrogens with zero attached hydrogens (tertiary/aromatic N) is 1. The summed E-state index contributed by atoms with van der Waals surface area (Å²) in [6.07, 6.45) is -2.69. The summed E-state index contributed by atoms with van der Waals surface area (Å²) in [5.74, 6) is 1.25. The first-order valence-electron chi connectivity index (χ1n) is 9.84. The SMILES string of the molecule is CCNC(=NCc1ccc(C)cc1OCC(F)(F)F)NCC(O)COCC1CC1. The van der Waals surface area contributed by atoms with Gasteiger partial charge < -0.3 is 25.2 Å². The van der Waals surface area contributed by atoms with Crippen LogP contribution >= 0.6 is 0 Å². The second-order valence-corrected chi connectivity index (χ2v) is 7.23. The van der Waals surface area contributed by atoms with Crippen LogP contribution in [0.1, 0.15) is 30.9 Å². The van der Waals surface area contributed by atoms with Gasteiger partial charge in [0, 0.05) is 25.3 Å². The van der Waals surface area contributed by atoms with E-state index < -0.39 is 18.9 Å². The number of aliphatic imine (C=N–C) groups is 1. The quantitative estimate of drug-likeness (QED) is 0.381. The molecular formula is C20H30F3N3O3. The molecule has 9 heteroatoms. The van der Waals surface area contributed by atoms with Crippen LogP contribution in [0.15, 0.2) is 23.2 Å². The normalized spacial score (nSPS) is 15.9. The Morgan fingerprint density at radius 2 is 2.07 bits per heavy atom. The third-order valence-electron chi connectivity index (χ3n) is 4.23. The molecule has 0 heterocycles. The molecule has 0 aromatic heterocycles. The van der Waals surface area contributed by atoms with Gasteiger partial charge in [0.15, 0.2) is 12.6 Å². The van der Waals surface area contributed by atoms with E-state index in [1.165, 1.54) is 12.8 Å². The van der Waals surface area contributed by atoms with Gasteiger partial charge in [-0.15, -0.1) is 0 Å². The summed E-state index contributed by atoms with van der Waals surface area (Å²) < 4.78 is 47.9. The van der Waals surface area contributed by atoms with Gasteiger partial charge in [-0.05, 0) is 44.2 Å². The Morgan fingerprint density at radius 1 is 1.31 bits per heavy atom. The van der Waals surface area contributed by atoms with Crippen molar-refractivity contribution in [2.45, 2.75) is 45.5 Å². The highest BCUT2D eigenvalue weighted by Crippen LogP contribution is 2.28. The fourth-order valence-corrected chi connectivity index (χ4v) is 2.52. The number of ether oxygens (including phenoxy) is 2. The number of alkyl halides is 3. The molecule has 2 rings (SSSR count). The van der Waals surface area contributed by atoms with Crippen LogP contribution in [0.3, 0.4) is 0 Å². The van der Waals surface area contributed by atoms with Crippen LogP contribution in [-0.2, 0) is 11.3 Å². The molecule has 0 amide bonds. The van der Waals surface area contributed by atoms with Crippen molar-refractivity contribution in [3.63, 3.8) is 0 Å². The maximum Gasteiger partial charge on any atom is 0.422 e. The number of nitrogens with one attached hydrogen (secondary N) is 2. The van der Waals surface area contributed by atoms with Gasteiger partial charge in [0.05, 0.1) is 19.3 Å². The van der Waals surface area contributed by atoms with E-state index in [2.05, 4.69) is 15.6 Å². The number of aryl methyl sites for hydroxylation is 1. The average molecular weight is 417 g/mol. The minimum absolute atomic E-state index is 0.136. The van der Waals surface area contributed by atoms with Gasteiger partial charge in [0.25, 0.3) is 0 Å². The summed E-state index contributed by atoms with van der Waals surface area (Å²) in [5.41, 5.74) is 1.35. The fourth-order valence-electron chi connectivity index (χ4n) is 2.52. The monoisotopic (exact) mass is 417 g/mol. The van der Waals surface area contributed by atoms with Crippen LogP contribution in [0, 0.1) is 12.8 Å². The molecule has 0 radical (unpaired) electrons. The molecule has 1 atom stereocenters. The van der Waals surface area contributed by atoms with Crippen LogP contribution in [0.25, 0.3) is 0 Å². The van der Waals surface area contributed by atoms with Crippen LogP contribution in [0.2, 0.25) is 0 Å². The molecule has 1 saturated carbocycles.